The Balaban J connectivity index is 1.50. The molecular formula is C27H25F3N4O5. The summed E-state index contributed by atoms with van der Waals surface area (Å²) in [7, 11) is 0. The van der Waals surface area contributed by atoms with E-state index in [-0.39, 0.29) is 41.4 Å². The Kier molecular flexibility index (Phi) is 7.68. The fourth-order valence-corrected chi connectivity index (χ4v) is 3.75. The lowest BCUT2D eigenvalue weighted by Gasteiger charge is -2.19. The molecule has 0 fully saturated rings. The highest BCUT2D eigenvalue weighted by Crippen LogP contribution is 2.38. The fraction of sp³-hybridized carbons (Fsp3) is 0.296. The molecule has 2 aromatic carbocycles. The maximum absolute atomic E-state index is 14.0. The number of hydrogen-bond acceptors (Lipinski definition) is 8. The quantitative estimate of drug-likeness (QED) is 0.297. The number of Topliss-reactive ketones (excluding diaryl/α,β-unsaturated/α-hetero) is 1. The minimum Gasteiger partial charge on any atom is -0.460 e. The van der Waals surface area contributed by atoms with Crippen molar-refractivity contribution >= 4 is 11.8 Å². The first-order valence-electron chi connectivity index (χ1n) is 11.9. The fourth-order valence-electron chi connectivity index (χ4n) is 3.75. The third kappa shape index (κ3) is 6.58. The summed E-state index contributed by atoms with van der Waals surface area (Å²) in [6.07, 6.45) is -5.60. The van der Waals surface area contributed by atoms with Gasteiger partial charge in [-0.1, -0.05) is 47.6 Å². The highest BCUT2D eigenvalue weighted by Gasteiger charge is 2.40. The number of aliphatic hydroxyl groups excluding tert-OH is 1. The number of hydrogen-bond donors (Lipinski definition) is 1. The van der Waals surface area contributed by atoms with E-state index in [1.54, 1.807) is 39.0 Å². The molecule has 0 radical (unpaired) electrons. The number of ketones is 1. The van der Waals surface area contributed by atoms with Gasteiger partial charge in [0.1, 0.15) is 11.7 Å². The Hall–Kier alpha value is -4.32. The number of aromatic nitrogens is 4. The second-order valence-corrected chi connectivity index (χ2v) is 9.65. The van der Waals surface area contributed by atoms with Crippen LogP contribution in [0.2, 0.25) is 0 Å². The van der Waals surface area contributed by atoms with Crippen molar-refractivity contribution in [3.8, 4) is 28.5 Å². The zero-order valence-corrected chi connectivity index (χ0v) is 21.3. The van der Waals surface area contributed by atoms with E-state index in [0.717, 1.165) is 10.9 Å². The molecular weight excluding hydrogens is 517 g/mol. The van der Waals surface area contributed by atoms with Crippen LogP contribution in [0.4, 0.5) is 13.2 Å². The molecule has 0 saturated carbocycles. The van der Waals surface area contributed by atoms with E-state index in [1.807, 2.05) is 0 Å². The first kappa shape index (κ1) is 27.7. The summed E-state index contributed by atoms with van der Waals surface area (Å²) in [6, 6.07) is 13.7. The summed E-state index contributed by atoms with van der Waals surface area (Å²) in [5, 5.41) is 18.1. The molecule has 0 bridgehead atoms. The minimum atomic E-state index is -4.76. The van der Waals surface area contributed by atoms with Gasteiger partial charge in [0.15, 0.2) is 11.5 Å². The van der Waals surface area contributed by atoms with Gasteiger partial charge in [-0.15, -0.1) is 0 Å². The summed E-state index contributed by atoms with van der Waals surface area (Å²) in [5.74, 6) is -1.48. The highest BCUT2D eigenvalue weighted by molar-refractivity contribution is 5.87. The van der Waals surface area contributed by atoms with Crippen LogP contribution in [0.3, 0.4) is 0 Å². The number of aliphatic hydroxyl groups is 1. The van der Waals surface area contributed by atoms with E-state index >= 15 is 0 Å². The van der Waals surface area contributed by atoms with Crippen molar-refractivity contribution in [2.45, 2.75) is 51.5 Å². The van der Waals surface area contributed by atoms with Gasteiger partial charge in [0, 0.05) is 12.0 Å². The molecule has 1 atom stereocenters. The zero-order valence-electron chi connectivity index (χ0n) is 21.3. The van der Waals surface area contributed by atoms with E-state index in [1.165, 1.54) is 36.4 Å². The van der Waals surface area contributed by atoms with Gasteiger partial charge < -0.3 is 14.4 Å². The van der Waals surface area contributed by atoms with Gasteiger partial charge >= 0.3 is 12.1 Å². The zero-order chi connectivity index (χ0) is 28.4. The Morgan fingerprint density at radius 2 is 1.69 bits per heavy atom. The Bertz CT molecular complexity index is 1460. The monoisotopic (exact) mass is 542 g/mol. The van der Waals surface area contributed by atoms with E-state index in [0.29, 0.717) is 5.56 Å². The number of benzene rings is 2. The second-order valence-electron chi connectivity index (χ2n) is 9.65. The van der Waals surface area contributed by atoms with Crippen molar-refractivity contribution in [2.75, 3.05) is 0 Å². The van der Waals surface area contributed by atoms with Crippen LogP contribution in [-0.4, -0.2) is 42.4 Å². The topological polar surface area (TPSA) is 120 Å². The molecule has 0 amide bonds. The molecule has 0 aliphatic carbocycles. The summed E-state index contributed by atoms with van der Waals surface area (Å²) in [4.78, 5) is 28.3. The number of esters is 1. The van der Waals surface area contributed by atoms with Crippen molar-refractivity contribution < 1.29 is 37.1 Å². The van der Waals surface area contributed by atoms with Gasteiger partial charge in [-0.3, -0.25) is 9.59 Å². The van der Waals surface area contributed by atoms with Gasteiger partial charge in [0.2, 0.25) is 5.82 Å². The van der Waals surface area contributed by atoms with Gasteiger partial charge in [0.25, 0.3) is 5.89 Å². The lowest BCUT2D eigenvalue weighted by molar-refractivity contribution is -0.156. The van der Waals surface area contributed by atoms with Gasteiger partial charge in [-0.25, -0.2) is 4.68 Å². The average Bonchev–Trinajstić information content (AvgIpc) is 3.54. The van der Waals surface area contributed by atoms with Gasteiger partial charge in [-0.2, -0.15) is 23.3 Å². The lowest BCUT2D eigenvalue weighted by atomic mass is 10.0. The minimum absolute atomic E-state index is 0.00266. The number of halogens is 3. The number of nitrogens with zero attached hydrogens (tertiary/aromatic N) is 4. The van der Waals surface area contributed by atoms with Crippen LogP contribution in [0.25, 0.3) is 28.5 Å². The third-order valence-electron chi connectivity index (χ3n) is 5.48. The second kappa shape index (κ2) is 10.8. The summed E-state index contributed by atoms with van der Waals surface area (Å²) in [5.41, 5.74) is -1.27. The molecule has 2 aromatic heterocycles. The molecule has 4 aromatic rings. The summed E-state index contributed by atoms with van der Waals surface area (Å²) in [6.45, 7) is 5.13. The number of alkyl halides is 3. The molecule has 39 heavy (non-hydrogen) atoms. The van der Waals surface area contributed by atoms with E-state index < -0.39 is 35.3 Å². The first-order chi connectivity index (χ1) is 18.3. The molecule has 0 saturated heterocycles. The molecule has 1 unspecified atom stereocenters. The maximum Gasteiger partial charge on any atom is 0.434 e. The molecule has 204 valence electrons. The van der Waals surface area contributed by atoms with Crippen molar-refractivity contribution in [1.29, 1.82) is 0 Å². The molecule has 12 heteroatoms. The Morgan fingerprint density at radius 1 is 1.03 bits per heavy atom. The molecule has 4 rings (SSSR count). The SMILES string of the molecule is CC(C)(C)OC(=O)CCC(=O)C(O)c1ccc(-c2noc(-c3cnn(-c4ccccc4)c3C(F)(F)F)n2)cc1. The number of para-hydroxylation sites is 1. The molecule has 0 spiro atoms. The molecule has 9 nitrogen and oxygen atoms in total. The summed E-state index contributed by atoms with van der Waals surface area (Å²) >= 11 is 0. The highest BCUT2D eigenvalue weighted by atomic mass is 19.4. The van der Waals surface area contributed by atoms with Crippen LogP contribution in [0.15, 0.2) is 65.3 Å². The molecule has 0 aliphatic rings. The normalized spacial score (nSPS) is 12.8. The summed E-state index contributed by atoms with van der Waals surface area (Å²) < 4.78 is 53.0. The molecule has 2 heterocycles. The van der Waals surface area contributed by atoms with Crippen molar-refractivity contribution in [1.82, 2.24) is 19.9 Å². The molecule has 0 aliphatic heterocycles. The van der Waals surface area contributed by atoms with Crippen LogP contribution in [0.5, 0.6) is 0 Å². The smallest absolute Gasteiger partial charge is 0.434 e. The molecule has 1 N–H and O–H groups in total. The van der Waals surface area contributed by atoms with Gasteiger partial charge in [-0.05, 0) is 38.5 Å². The number of ether oxygens (including phenoxy) is 1. The van der Waals surface area contributed by atoms with Crippen LogP contribution >= 0.6 is 0 Å². The Labute approximate surface area is 221 Å². The number of rotatable bonds is 8. The van der Waals surface area contributed by atoms with Crippen molar-refractivity contribution in [2.24, 2.45) is 0 Å². The van der Waals surface area contributed by atoms with Crippen molar-refractivity contribution in [3.63, 3.8) is 0 Å². The van der Waals surface area contributed by atoms with Crippen LogP contribution in [-0.2, 0) is 20.5 Å². The maximum atomic E-state index is 14.0. The van der Waals surface area contributed by atoms with Crippen LogP contribution in [0, 0.1) is 0 Å². The predicted octanol–water partition coefficient (Wildman–Crippen LogP) is 5.33. The van der Waals surface area contributed by atoms with Crippen LogP contribution in [0.1, 0.15) is 51.0 Å². The largest absolute Gasteiger partial charge is 0.460 e. The first-order valence-corrected chi connectivity index (χ1v) is 11.9. The number of carbonyl (C=O) groups is 2. The average molecular weight is 543 g/mol. The third-order valence-corrected chi connectivity index (χ3v) is 5.48. The van der Waals surface area contributed by atoms with E-state index in [9.17, 15) is 27.9 Å². The van der Waals surface area contributed by atoms with Crippen molar-refractivity contribution in [3.05, 3.63) is 72.1 Å². The predicted molar refractivity (Wildman–Crippen MR) is 132 cm³/mol. The van der Waals surface area contributed by atoms with E-state index in [2.05, 4.69) is 15.2 Å². The lowest BCUT2D eigenvalue weighted by Crippen LogP contribution is -2.24. The standard InChI is InChI=1S/C27H25F3N4O5/c1-26(2,3)38-21(36)14-13-20(35)22(37)16-9-11-17(12-10-16)24-32-25(39-33-24)19-15-31-34(23(19)27(28,29)30)18-7-5-4-6-8-18/h4-12,15,22,37H,13-14H2,1-3H3. The Morgan fingerprint density at radius 3 is 2.31 bits per heavy atom. The van der Waals surface area contributed by atoms with E-state index in [4.69, 9.17) is 9.26 Å². The van der Waals surface area contributed by atoms with Crippen LogP contribution < -0.4 is 0 Å². The number of carbonyl (C=O) groups excluding carboxylic acids is 2. The van der Waals surface area contributed by atoms with Gasteiger partial charge in [0.05, 0.1) is 23.9 Å².